The maximum Gasteiger partial charge on any atom is 0.306 e. The molecule has 0 aromatic carbocycles. The first-order valence-electron chi connectivity index (χ1n) is 6.68. The van der Waals surface area contributed by atoms with Gasteiger partial charge in [0.2, 0.25) is 0 Å². The summed E-state index contributed by atoms with van der Waals surface area (Å²) < 4.78 is 0. The second-order valence-corrected chi connectivity index (χ2v) is 5.82. The van der Waals surface area contributed by atoms with Gasteiger partial charge < -0.3 is 10.4 Å². The zero-order valence-corrected chi connectivity index (χ0v) is 12.7. The summed E-state index contributed by atoms with van der Waals surface area (Å²) in [4.78, 5) is 23.3. The van der Waals surface area contributed by atoms with E-state index in [1.54, 1.807) is 0 Å². The minimum atomic E-state index is -0.805. The lowest BCUT2D eigenvalue weighted by Gasteiger charge is -2.28. The molecule has 21 heavy (non-hydrogen) atoms. The van der Waals surface area contributed by atoms with E-state index in [0.717, 1.165) is 19.3 Å². The molecule has 1 heterocycles. The van der Waals surface area contributed by atoms with Crippen LogP contribution in [0.4, 0.5) is 0 Å². The predicted octanol–water partition coefficient (Wildman–Crippen LogP) is 2.40. The monoisotopic (exact) mass is 331 g/mol. The largest absolute Gasteiger partial charge is 0.481 e. The van der Waals surface area contributed by atoms with Crippen LogP contribution in [0.25, 0.3) is 0 Å². The van der Waals surface area contributed by atoms with E-state index in [-0.39, 0.29) is 21.8 Å². The van der Waals surface area contributed by atoms with Gasteiger partial charge in [0, 0.05) is 6.54 Å². The number of carbonyl (C=O) groups excluding carboxylic acids is 1. The number of carboxylic acids is 1. The zero-order chi connectivity index (χ0) is 15.4. The van der Waals surface area contributed by atoms with Crippen LogP contribution in [-0.4, -0.2) is 33.7 Å². The third-order valence-corrected chi connectivity index (χ3v) is 4.18. The Morgan fingerprint density at radius 2 is 2.00 bits per heavy atom. The number of rotatable bonds is 4. The van der Waals surface area contributed by atoms with Gasteiger partial charge in [-0.15, -0.1) is 10.2 Å². The third-order valence-electron chi connectivity index (χ3n) is 3.71. The van der Waals surface area contributed by atoms with E-state index in [1.807, 2.05) is 0 Å². The van der Waals surface area contributed by atoms with Gasteiger partial charge in [-0.1, -0.05) is 36.0 Å². The van der Waals surface area contributed by atoms with Crippen LogP contribution in [0.2, 0.25) is 10.3 Å². The molecule has 1 fully saturated rings. The molecule has 8 heteroatoms. The molecule has 1 aliphatic carbocycles. The van der Waals surface area contributed by atoms with E-state index in [0.29, 0.717) is 13.0 Å². The molecule has 0 radical (unpaired) electrons. The molecular formula is C13H15Cl2N3O3. The molecule has 1 aromatic heterocycles. The molecule has 2 unspecified atom stereocenters. The molecule has 114 valence electrons. The van der Waals surface area contributed by atoms with Crippen LogP contribution in [-0.2, 0) is 4.79 Å². The summed E-state index contributed by atoms with van der Waals surface area (Å²) in [5.41, 5.74) is 0.138. The van der Waals surface area contributed by atoms with Crippen molar-refractivity contribution in [2.45, 2.75) is 25.7 Å². The summed E-state index contributed by atoms with van der Waals surface area (Å²) in [6.07, 6.45) is 3.34. The van der Waals surface area contributed by atoms with Gasteiger partial charge >= 0.3 is 5.97 Å². The minimum Gasteiger partial charge on any atom is -0.481 e. The Bertz CT molecular complexity index is 553. The van der Waals surface area contributed by atoms with E-state index >= 15 is 0 Å². The summed E-state index contributed by atoms with van der Waals surface area (Å²) in [5, 5.41) is 19.1. The fourth-order valence-corrected chi connectivity index (χ4v) is 2.93. The normalized spacial score (nSPS) is 21.8. The lowest BCUT2D eigenvalue weighted by atomic mass is 9.79. The van der Waals surface area contributed by atoms with Crippen LogP contribution in [0, 0.1) is 11.8 Å². The molecule has 0 bridgehead atoms. The Morgan fingerprint density at radius 1 is 1.29 bits per heavy atom. The SMILES string of the molecule is O=C(NCC1CCCCC1C(=O)O)c1cc(Cl)nnc1Cl. The van der Waals surface area contributed by atoms with Gasteiger partial charge in [-0.05, 0) is 24.8 Å². The number of hydrogen-bond acceptors (Lipinski definition) is 4. The standard InChI is InChI=1S/C13H15Cl2N3O3/c14-10-5-9(11(15)18-17-10)12(19)16-6-7-3-1-2-4-8(7)13(20)21/h5,7-8H,1-4,6H2,(H,16,19)(H,20,21). The molecule has 2 rings (SSSR count). The third kappa shape index (κ3) is 4.04. The number of nitrogens with zero attached hydrogens (tertiary/aromatic N) is 2. The Kier molecular flexibility index (Phi) is 5.36. The summed E-state index contributed by atoms with van der Waals surface area (Å²) in [7, 11) is 0. The van der Waals surface area contributed by atoms with E-state index in [9.17, 15) is 14.7 Å². The first-order valence-corrected chi connectivity index (χ1v) is 7.44. The Labute approximate surface area is 131 Å². The van der Waals surface area contributed by atoms with E-state index in [2.05, 4.69) is 15.5 Å². The number of aliphatic carboxylic acids is 1. The van der Waals surface area contributed by atoms with Crippen LogP contribution in [0.3, 0.4) is 0 Å². The first-order chi connectivity index (χ1) is 9.99. The van der Waals surface area contributed by atoms with Crippen molar-refractivity contribution in [1.29, 1.82) is 0 Å². The molecular weight excluding hydrogens is 317 g/mol. The van der Waals surface area contributed by atoms with Gasteiger partial charge in [-0.25, -0.2) is 0 Å². The smallest absolute Gasteiger partial charge is 0.306 e. The maximum atomic E-state index is 12.1. The summed E-state index contributed by atoms with van der Waals surface area (Å²) >= 11 is 11.5. The van der Waals surface area contributed by atoms with Crippen LogP contribution >= 0.6 is 23.2 Å². The van der Waals surface area contributed by atoms with Crippen molar-refractivity contribution in [2.75, 3.05) is 6.54 Å². The quantitative estimate of drug-likeness (QED) is 0.883. The Balaban J connectivity index is 1.99. The van der Waals surface area contributed by atoms with Crippen LogP contribution in [0.15, 0.2) is 6.07 Å². The highest BCUT2D eigenvalue weighted by atomic mass is 35.5. The van der Waals surface area contributed by atoms with Crippen molar-refractivity contribution in [3.05, 3.63) is 21.9 Å². The predicted molar refractivity (Wildman–Crippen MR) is 77.5 cm³/mol. The number of carboxylic acid groups (broad SMARTS) is 1. The second kappa shape index (κ2) is 7.04. The van der Waals surface area contributed by atoms with Gasteiger partial charge in [-0.3, -0.25) is 9.59 Å². The number of hydrogen-bond donors (Lipinski definition) is 2. The molecule has 6 nitrogen and oxygen atoms in total. The van der Waals surface area contributed by atoms with Crippen molar-refractivity contribution in [3.8, 4) is 0 Å². The van der Waals surface area contributed by atoms with Crippen LogP contribution < -0.4 is 5.32 Å². The fourth-order valence-electron chi connectivity index (χ4n) is 2.61. The van der Waals surface area contributed by atoms with E-state index in [4.69, 9.17) is 23.2 Å². The average Bonchev–Trinajstić information content (AvgIpc) is 2.47. The second-order valence-electron chi connectivity index (χ2n) is 5.07. The average molecular weight is 332 g/mol. The minimum absolute atomic E-state index is 0.0321. The van der Waals surface area contributed by atoms with Gasteiger partial charge in [0.1, 0.15) is 0 Å². The highest BCUT2D eigenvalue weighted by Gasteiger charge is 2.31. The lowest BCUT2D eigenvalue weighted by molar-refractivity contribution is -0.144. The van der Waals surface area contributed by atoms with E-state index in [1.165, 1.54) is 6.07 Å². The van der Waals surface area contributed by atoms with Gasteiger partial charge in [-0.2, -0.15) is 0 Å². The summed E-state index contributed by atoms with van der Waals surface area (Å²) in [6, 6.07) is 1.34. The van der Waals surface area contributed by atoms with Crippen molar-refractivity contribution in [3.63, 3.8) is 0 Å². The van der Waals surface area contributed by atoms with E-state index < -0.39 is 17.8 Å². The van der Waals surface area contributed by atoms with Gasteiger partial charge in [0.15, 0.2) is 10.3 Å². The van der Waals surface area contributed by atoms with Crippen LogP contribution in [0.1, 0.15) is 36.0 Å². The highest BCUT2D eigenvalue weighted by molar-refractivity contribution is 6.34. The molecule has 1 amide bonds. The Morgan fingerprint density at radius 3 is 2.71 bits per heavy atom. The van der Waals surface area contributed by atoms with Crippen molar-refractivity contribution in [1.82, 2.24) is 15.5 Å². The molecule has 0 aliphatic heterocycles. The summed E-state index contributed by atoms with van der Waals surface area (Å²) in [5.74, 6) is -1.70. The number of halogens is 2. The lowest BCUT2D eigenvalue weighted by Crippen LogP contribution is -2.37. The fraction of sp³-hybridized carbons (Fsp3) is 0.538. The molecule has 2 N–H and O–H groups in total. The Hall–Kier alpha value is -1.40. The van der Waals surface area contributed by atoms with Crippen molar-refractivity contribution < 1.29 is 14.7 Å². The highest BCUT2D eigenvalue weighted by Crippen LogP contribution is 2.29. The molecule has 2 atom stereocenters. The molecule has 1 aromatic rings. The molecule has 1 aliphatic rings. The zero-order valence-electron chi connectivity index (χ0n) is 11.2. The topological polar surface area (TPSA) is 92.2 Å². The van der Waals surface area contributed by atoms with Gasteiger partial charge in [0.05, 0.1) is 11.5 Å². The van der Waals surface area contributed by atoms with Gasteiger partial charge in [0.25, 0.3) is 5.91 Å². The number of aromatic nitrogens is 2. The molecule has 0 saturated heterocycles. The van der Waals surface area contributed by atoms with Crippen molar-refractivity contribution >= 4 is 35.1 Å². The molecule has 0 spiro atoms. The first kappa shape index (κ1) is 16.0. The molecule has 1 saturated carbocycles. The summed E-state index contributed by atoms with van der Waals surface area (Å²) in [6.45, 7) is 0.298. The van der Waals surface area contributed by atoms with Crippen molar-refractivity contribution in [2.24, 2.45) is 11.8 Å². The maximum absolute atomic E-state index is 12.1. The number of carbonyl (C=O) groups is 2. The number of amides is 1. The van der Waals surface area contributed by atoms with Crippen LogP contribution in [0.5, 0.6) is 0 Å². The number of nitrogens with one attached hydrogen (secondary N) is 1.